The molecule has 7 rings (SSSR count). The second-order valence-corrected chi connectivity index (χ2v) is 11.0. The molecule has 5 aromatic rings. The van der Waals surface area contributed by atoms with E-state index in [2.05, 4.69) is 39.6 Å². The lowest BCUT2D eigenvalue weighted by Crippen LogP contribution is -2.50. The lowest BCUT2D eigenvalue weighted by Gasteiger charge is -2.38. The Bertz CT molecular complexity index is 1790. The quantitative estimate of drug-likeness (QED) is 0.254. The molecule has 0 saturated carbocycles. The van der Waals surface area contributed by atoms with Gasteiger partial charge in [0, 0.05) is 32.7 Å². The van der Waals surface area contributed by atoms with Crippen LogP contribution in [0.5, 0.6) is 5.75 Å². The fraction of sp³-hybridized carbons (Fsp3) is 0.194. The van der Waals surface area contributed by atoms with E-state index in [-0.39, 0.29) is 17.4 Å². The molecule has 0 atom stereocenters. The van der Waals surface area contributed by atoms with Gasteiger partial charge in [-0.15, -0.1) is 0 Å². The molecular weight excluding hydrogens is 550 g/mol. The normalized spacial score (nSPS) is 14.2. The van der Waals surface area contributed by atoms with Crippen LogP contribution in [-0.4, -0.2) is 59.9 Å². The molecular formula is C36H33N5O3. The number of nitrogens with one attached hydrogen (secondary N) is 1. The number of aromatic nitrogens is 2. The third kappa shape index (κ3) is 5.19. The Labute approximate surface area is 256 Å². The number of para-hydroxylation sites is 2. The predicted octanol–water partition coefficient (Wildman–Crippen LogP) is 5.18. The topological polar surface area (TPSA) is 79.7 Å². The SMILES string of the molecule is O=C(C1c2ccccc2-c2ccccc21)N1CCN(c2cnn(-c3ccccc3)c(=O)c2NCCOc2ccccc2)CC1. The molecule has 8 heteroatoms. The van der Waals surface area contributed by atoms with Crippen LogP contribution in [0, 0.1) is 0 Å². The first-order chi connectivity index (χ1) is 21.7. The van der Waals surface area contributed by atoms with E-state index in [1.807, 2.05) is 89.8 Å². The smallest absolute Gasteiger partial charge is 0.296 e. The van der Waals surface area contributed by atoms with Crippen molar-refractivity contribution < 1.29 is 9.53 Å². The van der Waals surface area contributed by atoms with Crippen LogP contribution in [0.25, 0.3) is 16.8 Å². The summed E-state index contributed by atoms with van der Waals surface area (Å²) in [5.74, 6) is 0.600. The van der Waals surface area contributed by atoms with Crippen molar-refractivity contribution in [1.29, 1.82) is 0 Å². The molecule has 1 amide bonds. The van der Waals surface area contributed by atoms with Gasteiger partial charge in [0.1, 0.15) is 18.0 Å². The maximum absolute atomic E-state index is 14.0. The number of ether oxygens (including phenoxy) is 1. The Morgan fingerprint density at radius 2 is 1.36 bits per heavy atom. The third-order valence-corrected chi connectivity index (χ3v) is 8.39. The van der Waals surface area contributed by atoms with Gasteiger partial charge in [0.15, 0.2) is 0 Å². The van der Waals surface area contributed by atoms with E-state index in [4.69, 9.17) is 4.74 Å². The molecule has 1 aliphatic heterocycles. The van der Waals surface area contributed by atoms with E-state index >= 15 is 0 Å². The number of benzene rings is 4. The van der Waals surface area contributed by atoms with Crippen molar-refractivity contribution >= 4 is 17.3 Å². The van der Waals surface area contributed by atoms with Crippen molar-refractivity contribution in [3.63, 3.8) is 0 Å². The Morgan fingerprint density at radius 3 is 2.02 bits per heavy atom. The van der Waals surface area contributed by atoms with Crippen molar-refractivity contribution in [3.05, 3.63) is 137 Å². The largest absolute Gasteiger partial charge is 0.492 e. The zero-order chi connectivity index (χ0) is 29.9. The fourth-order valence-electron chi connectivity index (χ4n) is 6.24. The molecule has 0 bridgehead atoms. The average molecular weight is 584 g/mol. The van der Waals surface area contributed by atoms with Gasteiger partial charge in [0.25, 0.3) is 5.56 Å². The number of carbonyl (C=O) groups excluding carboxylic acids is 1. The Hall–Kier alpha value is -5.37. The first-order valence-corrected chi connectivity index (χ1v) is 15.0. The van der Waals surface area contributed by atoms with Crippen molar-refractivity contribution in [2.75, 3.05) is 49.5 Å². The van der Waals surface area contributed by atoms with Crippen molar-refractivity contribution in [1.82, 2.24) is 14.7 Å². The van der Waals surface area contributed by atoms with Gasteiger partial charge in [0.05, 0.1) is 23.5 Å². The summed E-state index contributed by atoms with van der Waals surface area (Å²) in [5.41, 5.74) is 6.07. The van der Waals surface area contributed by atoms with Crippen molar-refractivity contribution in [2.24, 2.45) is 0 Å². The summed E-state index contributed by atoms with van der Waals surface area (Å²) in [4.78, 5) is 31.9. The molecule has 1 saturated heterocycles. The molecule has 0 spiro atoms. The minimum absolute atomic E-state index is 0.121. The van der Waals surface area contributed by atoms with Crippen LogP contribution >= 0.6 is 0 Å². The van der Waals surface area contributed by atoms with Gasteiger partial charge in [-0.05, 0) is 46.5 Å². The molecule has 4 aromatic carbocycles. The number of rotatable bonds is 8. The highest BCUT2D eigenvalue weighted by Gasteiger charge is 2.37. The molecule has 1 N–H and O–H groups in total. The van der Waals surface area contributed by atoms with Crippen molar-refractivity contribution in [2.45, 2.75) is 5.92 Å². The minimum atomic E-state index is -0.299. The number of piperazine rings is 1. The first kappa shape index (κ1) is 27.5. The van der Waals surface area contributed by atoms with Gasteiger partial charge in [-0.2, -0.15) is 9.78 Å². The second-order valence-electron chi connectivity index (χ2n) is 11.0. The average Bonchev–Trinajstić information content (AvgIpc) is 3.42. The van der Waals surface area contributed by atoms with Crippen LogP contribution < -0.4 is 20.5 Å². The summed E-state index contributed by atoms with van der Waals surface area (Å²) in [6, 6.07) is 35.4. The Morgan fingerprint density at radius 1 is 0.773 bits per heavy atom. The van der Waals surface area contributed by atoms with Gasteiger partial charge in [0.2, 0.25) is 5.91 Å². The lowest BCUT2D eigenvalue weighted by molar-refractivity contribution is -0.132. The van der Waals surface area contributed by atoms with Crippen LogP contribution in [0.3, 0.4) is 0 Å². The molecule has 8 nitrogen and oxygen atoms in total. The van der Waals surface area contributed by atoms with Gasteiger partial charge in [-0.3, -0.25) is 9.59 Å². The van der Waals surface area contributed by atoms with E-state index in [9.17, 15) is 9.59 Å². The number of hydrogen-bond acceptors (Lipinski definition) is 6. The van der Waals surface area contributed by atoms with Crippen molar-refractivity contribution in [3.8, 4) is 22.6 Å². The zero-order valence-corrected chi connectivity index (χ0v) is 24.3. The number of fused-ring (bicyclic) bond motifs is 3. The molecule has 1 aliphatic carbocycles. The summed E-state index contributed by atoms with van der Waals surface area (Å²) < 4.78 is 7.28. The van der Waals surface area contributed by atoms with E-state index < -0.39 is 0 Å². The van der Waals surface area contributed by atoms with E-state index in [1.54, 1.807) is 6.20 Å². The molecule has 0 unspecified atom stereocenters. The monoisotopic (exact) mass is 583 g/mol. The lowest BCUT2D eigenvalue weighted by atomic mass is 9.95. The highest BCUT2D eigenvalue weighted by Crippen LogP contribution is 2.45. The third-order valence-electron chi connectivity index (χ3n) is 8.39. The molecule has 44 heavy (non-hydrogen) atoms. The van der Waals surface area contributed by atoms with Gasteiger partial charge in [-0.25, -0.2) is 0 Å². The predicted molar refractivity (Wildman–Crippen MR) is 173 cm³/mol. The number of carbonyl (C=O) groups is 1. The molecule has 2 aliphatic rings. The highest BCUT2D eigenvalue weighted by atomic mass is 16.5. The summed E-state index contributed by atoms with van der Waals surface area (Å²) in [5, 5.41) is 7.88. The van der Waals surface area contributed by atoms with E-state index in [0.29, 0.717) is 50.7 Å². The summed E-state index contributed by atoms with van der Waals surface area (Å²) in [7, 11) is 0. The first-order valence-electron chi connectivity index (χ1n) is 15.0. The minimum Gasteiger partial charge on any atom is -0.492 e. The van der Waals surface area contributed by atoms with Crippen LogP contribution in [0.4, 0.5) is 11.4 Å². The maximum Gasteiger partial charge on any atom is 0.296 e. The van der Waals surface area contributed by atoms with Crippen LogP contribution in [-0.2, 0) is 4.79 Å². The fourth-order valence-corrected chi connectivity index (χ4v) is 6.24. The Kier molecular flexibility index (Phi) is 7.54. The van der Waals surface area contributed by atoms with E-state index in [1.165, 1.54) is 4.68 Å². The maximum atomic E-state index is 14.0. The molecule has 2 heterocycles. The zero-order valence-electron chi connectivity index (χ0n) is 24.3. The molecule has 0 radical (unpaired) electrons. The van der Waals surface area contributed by atoms with Gasteiger partial charge < -0.3 is 19.9 Å². The summed E-state index contributed by atoms with van der Waals surface area (Å²) >= 11 is 0. The second kappa shape index (κ2) is 12.1. The Balaban J connectivity index is 1.10. The summed E-state index contributed by atoms with van der Waals surface area (Å²) in [6.07, 6.45) is 1.75. The molecule has 1 aromatic heterocycles. The van der Waals surface area contributed by atoms with Gasteiger partial charge in [-0.1, -0.05) is 84.9 Å². The van der Waals surface area contributed by atoms with Crippen LogP contribution in [0.1, 0.15) is 17.0 Å². The standard InChI is InChI=1S/C36H33N5O3/c42-35(33-30-17-9-7-15-28(30)29-16-8-10-18-31(29)33)40-22-20-39(21-23-40)32-25-38-41(26-11-3-1-4-12-26)36(43)34(32)37-19-24-44-27-13-5-2-6-14-27/h1-18,25,33,37H,19-24H2. The highest BCUT2D eigenvalue weighted by molar-refractivity contribution is 5.96. The number of hydrogen-bond donors (Lipinski definition) is 1. The number of amides is 1. The number of nitrogens with zero attached hydrogens (tertiary/aromatic N) is 4. The van der Waals surface area contributed by atoms with Gasteiger partial charge >= 0.3 is 0 Å². The molecule has 1 fully saturated rings. The van der Waals surface area contributed by atoms with E-state index in [0.717, 1.165) is 33.7 Å². The van der Waals surface area contributed by atoms with Crippen LogP contribution in [0.2, 0.25) is 0 Å². The van der Waals surface area contributed by atoms with Crippen LogP contribution in [0.15, 0.2) is 120 Å². The summed E-state index contributed by atoms with van der Waals surface area (Å²) in [6.45, 7) is 3.12. The molecule has 220 valence electrons. The number of anilines is 2.